The van der Waals surface area contributed by atoms with E-state index in [4.69, 9.17) is 20.9 Å². The van der Waals surface area contributed by atoms with E-state index in [1.165, 1.54) is 0 Å². The largest absolute Gasteiger partial charge is 0.485 e. The first kappa shape index (κ1) is 18.4. The molecule has 2 N–H and O–H groups in total. The van der Waals surface area contributed by atoms with Crippen molar-refractivity contribution in [3.8, 4) is 5.75 Å². The van der Waals surface area contributed by atoms with Gasteiger partial charge in [-0.25, -0.2) is 0 Å². The minimum Gasteiger partial charge on any atom is -0.485 e. The highest BCUT2D eigenvalue weighted by Gasteiger charge is 2.15. The maximum atomic E-state index is 12.4. The average Bonchev–Trinajstić information content (AvgIpc) is 3.10. The monoisotopic (exact) mass is 386 g/mol. The molecule has 3 rings (SSSR count). The van der Waals surface area contributed by atoms with Crippen LogP contribution in [-0.4, -0.2) is 22.0 Å². The number of hydrogen-bond acceptors (Lipinski definition) is 6. The van der Waals surface area contributed by atoms with Crippen LogP contribution in [0.5, 0.6) is 5.75 Å². The molecule has 8 nitrogen and oxygen atoms in total. The third-order valence-corrected chi connectivity index (χ3v) is 3.80. The molecule has 0 bridgehead atoms. The number of nitrogens with one attached hydrogen (secondary N) is 2. The molecule has 0 spiro atoms. The predicted molar refractivity (Wildman–Crippen MR) is 96.2 cm³/mol. The highest BCUT2D eigenvalue weighted by atomic mass is 35.5. The number of hydrazine groups is 1. The lowest BCUT2D eigenvalue weighted by Gasteiger charge is -2.11. The number of aromatic nitrogens is 2. The van der Waals surface area contributed by atoms with Gasteiger partial charge in [-0.2, -0.15) is 4.98 Å². The zero-order chi connectivity index (χ0) is 19.2. The normalized spacial score (nSPS) is 10.3. The molecular formula is C18H15ClN4O4. The van der Waals surface area contributed by atoms with Crippen molar-refractivity contribution in [3.05, 3.63) is 76.4 Å². The van der Waals surface area contributed by atoms with E-state index >= 15 is 0 Å². The van der Waals surface area contributed by atoms with Crippen LogP contribution in [0.15, 0.2) is 53.1 Å². The Balaban J connectivity index is 1.64. The molecule has 1 heterocycles. The molecule has 1 aromatic heterocycles. The Bertz CT molecular complexity index is 973. The van der Waals surface area contributed by atoms with Crippen LogP contribution in [0.4, 0.5) is 0 Å². The van der Waals surface area contributed by atoms with Gasteiger partial charge in [0, 0.05) is 6.92 Å². The van der Waals surface area contributed by atoms with E-state index in [9.17, 15) is 9.59 Å². The van der Waals surface area contributed by atoms with Crippen LogP contribution in [0.1, 0.15) is 32.4 Å². The lowest BCUT2D eigenvalue weighted by atomic mass is 10.2. The number of nitrogens with zero attached hydrogens (tertiary/aromatic N) is 2. The maximum absolute atomic E-state index is 12.4. The first-order valence-corrected chi connectivity index (χ1v) is 8.28. The molecule has 2 aromatic carbocycles. The molecule has 0 aliphatic heterocycles. The molecule has 0 fully saturated rings. The fraction of sp³-hybridized carbons (Fsp3) is 0.111. The van der Waals surface area contributed by atoms with E-state index in [1.54, 1.807) is 55.5 Å². The highest BCUT2D eigenvalue weighted by molar-refractivity contribution is 6.33. The standard InChI is InChI=1S/C18H15ClN4O4/c1-11-20-16(23-27-11)10-26-15-9-5-3-7-13(15)18(25)22-21-17(24)12-6-2-4-8-14(12)19/h2-9H,10H2,1H3,(H,21,24)(H,22,25). The third-order valence-electron chi connectivity index (χ3n) is 3.47. The van der Waals surface area contributed by atoms with Crippen LogP contribution in [0.3, 0.4) is 0 Å². The van der Waals surface area contributed by atoms with Gasteiger partial charge in [-0.3, -0.25) is 20.4 Å². The van der Waals surface area contributed by atoms with Crippen molar-refractivity contribution < 1.29 is 18.8 Å². The second-order valence-corrected chi connectivity index (χ2v) is 5.81. The number of carbonyl (C=O) groups excluding carboxylic acids is 2. The van der Waals surface area contributed by atoms with Crippen LogP contribution in [-0.2, 0) is 6.61 Å². The van der Waals surface area contributed by atoms with Gasteiger partial charge in [-0.05, 0) is 24.3 Å². The zero-order valence-electron chi connectivity index (χ0n) is 14.2. The minimum absolute atomic E-state index is 0.0353. The van der Waals surface area contributed by atoms with Crippen molar-refractivity contribution in [2.24, 2.45) is 0 Å². The van der Waals surface area contributed by atoms with Crippen molar-refractivity contribution in [1.29, 1.82) is 0 Å². The number of hydrogen-bond donors (Lipinski definition) is 2. The molecule has 2 amide bonds. The number of halogens is 1. The molecule has 138 valence electrons. The van der Waals surface area contributed by atoms with E-state index < -0.39 is 11.8 Å². The van der Waals surface area contributed by atoms with Crippen molar-refractivity contribution in [1.82, 2.24) is 21.0 Å². The highest BCUT2D eigenvalue weighted by Crippen LogP contribution is 2.19. The summed E-state index contributed by atoms with van der Waals surface area (Å²) in [5, 5.41) is 4.01. The number of aryl methyl sites for hydroxylation is 1. The fourth-order valence-electron chi connectivity index (χ4n) is 2.22. The summed E-state index contributed by atoms with van der Waals surface area (Å²) in [6, 6.07) is 13.1. The number of para-hydroxylation sites is 1. The van der Waals surface area contributed by atoms with Gasteiger partial charge in [-0.1, -0.05) is 41.0 Å². The van der Waals surface area contributed by atoms with Gasteiger partial charge in [0.15, 0.2) is 6.61 Å². The van der Waals surface area contributed by atoms with Crippen LogP contribution in [0, 0.1) is 6.92 Å². The summed E-state index contributed by atoms with van der Waals surface area (Å²) >= 11 is 5.96. The summed E-state index contributed by atoms with van der Waals surface area (Å²) in [4.78, 5) is 28.6. The average molecular weight is 387 g/mol. The molecule has 0 unspecified atom stereocenters. The number of ether oxygens (including phenoxy) is 1. The topological polar surface area (TPSA) is 106 Å². The van der Waals surface area contributed by atoms with Gasteiger partial charge >= 0.3 is 0 Å². The molecule has 3 aromatic rings. The first-order chi connectivity index (χ1) is 13.0. The second-order valence-electron chi connectivity index (χ2n) is 5.40. The smallest absolute Gasteiger partial charge is 0.273 e. The lowest BCUT2D eigenvalue weighted by molar-refractivity contribution is 0.0844. The van der Waals surface area contributed by atoms with Gasteiger partial charge in [0.05, 0.1) is 16.1 Å². The van der Waals surface area contributed by atoms with E-state index in [0.29, 0.717) is 17.5 Å². The van der Waals surface area contributed by atoms with Crippen LogP contribution in [0.2, 0.25) is 5.02 Å². The van der Waals surface area contributed by atoms with Crippen LogP contribution >= 0.6 is 11.6 Å². The van der Waals surface area contributed by atoms with E-state index in [2.05, 4.69) is 21.0 Å². The third kappa shape index (κ3) is 4.62. The minimum atomic E-state index is -0.546. The molecule has 0 atom stereocenters. The van der Waals surface area contributed by atoms with Gasteiger partial charge in [0.1, 0.15) is 5.75 Å². The zero-order valence-corrected chi connectivity index (χ0v) is 15.0. The molecule has 0 aliphatic carbocycles. The van der Waals surface area contributed by atoms with Gasteiger partial charge in [-0.15, -0.1) is 0 Å². The number of carbonyl (C=O) groups is 2. The Morgan fingerprint density at radius 1 is 1.04 bits per heavy atom. The quantitative estimate of drug-likeness (QED) is 0.653. The second kappa shape index (κ2) is 8.33. The Hall–Kier alpha value is -3.39. The van der Waals surface area contributed by atoms with Gasteiger partial charge in [0.25, 0.3) is 11.8 Å². The summed E-state index contributed by atoms with van der Waals surface area (Å²) in [5.41, 5.74) is 5.14. The van der Waals surface area contributed by atoms with Crippen molar-refractivity contribution >= 4 is 23.4 Å². The van der Waals surface area contributed by atoms with Crippen molar-refractivity contribution in [2.75, 3.05) is 0 Å². The van der Waals surface area contributed by atoms with Gasteiger partial charge < -0.3 is 9.26 Å². The molecule has 0 radical (unpaired) electrons. The van der Waals surface area contributed by atoms with Gasteiger partial charge in [0.2, 0.25) is 11.7 Å². The molecule has 0 aliphatic rings. The fourth-order valence-corrected chi connectivity index (χ4v) is 2.44. The molecule has 0 saturated heterocycles. The summed E-state index contributed by atoms with van der Waals surface area (Å²) in [6.07, 6.45) is 0. The van der Waals surface area contributed by atoms with E-state index in [0.717, 1.165) is 0 Å². The molecule has 27 heavy (non-hydrogen) atoms. The summed E-state index contributed by atoms with van der Waals surface area (Å²) in [5.74, 6) is 0.00557. The van der Waals surface area contributed by atoms with Crippen molar-refractivity contribution in [2.45, 2.75) is 13.5 Å². The first-order valence-electron chi connectivity index (χ1n) is 7.91. The maximum Gasteiger partial charge on any atom is 0.273 e. The summed E-state index contributed by atoms with van der Waals surface area (Å²) in [7, 11) is 0. The van der Waals surface area contributed by atoms with E-state index in [1.807, 2.05) is 0 Å². The Morgan fingerprint density at radius 3 is 2.33 bits per heavy atom. The number of benzene rings is 2. The summed E-state index contributed by atoms with van der Waals surface area (Å²) < 4.78 is 10.5. The molecular weight excluding hydrogens is 372 g/mol. The van der Waals surface area contributed by atoms with Crippen LogP contribution in [0.25, 0.3) is 0 Å². The Labute approximate surface area is 159 Å². The number of amides is 2. The lowest BCUT2D eigenvalue weighted by Crippen LogP contribution is -2.41. The number of rotatable bonds is 5. The molecule has 0 saturated carbocycles. The summed E-state index contributed by atoms with van der Waals surface area (Å²) in [6.45, 7) is 1.70. The van der Waals surface area contributed by atoms with Crippen molar-refractivity contribution in [3.63, 3.8) is 0 Å². The van der Waals surface area contributed by atoms with Crippen LogP contribution < -0.4 is 15.6 Å². The SMILES string of the molecule is Cc1nc(COc2ccccc2C(=O)NNC(=O)c2ccccc2Cl)no1. The Kier molecular flexibility index (Phi) is 5.68. The van der Waals surface area contributed by atoms with E-state index in [-0.39, 0.29) is 22.8 Å². The Morgan fingerprint density at radius 2 is 1.67 bits per heavy atom. The predicted octanol–water partition coefficient (Wildman–Crippen LogP) is 2.69. The molecule has 9 heteroatoms.